The van der Waals surface area contributed by atoms with Gasteiger partial charge in [-0.05, 0) is 18.6 Å². The van der Waals surface area contributed by atoms with Crippen LogP contribution in [0.4, 0.5) is 0 Å². The van der Waals surface area contributed by atoms with Crippen LogP contribution in [0.1, 0.15) is 6.42 Å². The van der Waals surface area contributed by atoms with Gasteiger partial charge in [-0.15, -0.1) is 0 Å². The second-order valence-corrected chi connectivity index (χ2v) is 8.66. The summed E-state index contributed by atoms with van der Waals surface area (Å²) in [5.74, 6) is 0.122. The molecule has 0 aromatic carbocycles. The maximum atomic E-state index is 12.3. The van der Waals surface area contributed by atoms with E-state index in [-0.39, 0.29) is 23.9 Å². The number of fused-ring (bicyclic) bond motifs is 1. The van der Waals surface area contributed by atoms with E-state index in [4.69, 9.17) is 0 Å². The molecule has 1 saturated heterocycles. The lowest BCUT2D eigenvalue weighted by molar-refractivity contribution is 0.444. The average Bonchev–Trinajstić information content (AvgIpc) is 3.03. The second-order valence-electron chi connectivity index (χ2n) is 4.86. The summed E-state index contributed by atoms with van der Waals surface area (Å²) in [6, 6.07) is 3.30. The summed E-state index contributed by atoms with van der Waals surface area (Å²) in [5, 5.41) is 3.87. The van der Waals surface area contributed by atoms with E-state index in [0.29, 0.717) is 18.6 Å². The Labute approximate surface area is 128 Å². The maximum Gasteiger partial charge on any atom is 0.259 e. The van der Waals surface area contributed by atoms with E-state index in [9.17, 15) is 16.8 Å². The molecule has 0 atom stereocenters. The van der Waals surface area contributed by atoms with Crippen molar-refractivity contribution in [2.45, 2.75) is 11.4 Å². The first-order valence-electron chi connectivity index (χ1n) is 6.66. The fraction of sp³-hybridized carbons (Fsp3) is 0.455. The number of sulfonamides is 2. The van der Waals surface area contributed by atoms with Crippen LogP contribution >= 0.6 is 0 Å². The zero-order chi connectivity index (χ0) is 15.8. The SMILES string of the molecule is O=S(=O)(NCCN1CCCS1(=O)=O)c1cnc2cccnn12. The minimum Gasteiger partial charge on any atom is -0.234 e. The Bertz CT molecular complexity index is 890. The Balaban J connectivity index is 1.72. The van der Waals surface area contributed by atoms with E-state index in [1.165, 1.54) is 21.2 Å². The van der Waals surface area contributed by atoms with Gasteiger partial charge in [-0.3, -0.25) is 0 Å². The number of aromatic nitrogens is 3. The first kappa shape index (κ1) is 15.3. The van der Waals surface area contributed by atoms with Crippen LogP contribution in [0.5, 0.6) is 0 Å². The molecule has 11 heteroatoms. The zero-order valence-corrected chi connectivity index (χ0v) is 13.2. The highest BCUT2D eigenvalue weighted by atomic mass is 32.2. The third kappa shape index (κ3) is 2.84. The monoisotopic (exact) mass is 345 g/mol. The molecule has 0 unspecified atom stereocenters. The van der Waals surface area contributed by atoms with E-state index in [1.54, 1.807) is 12.1 Å². The molecule has 9 nitrogen and oxygen atoms in total. The summed E-state index contributed by atoms with van der Waals surface area (Å²) in [7, 11) is -7.03. The van der Waals surface area contributed by atoms with Crippen LogP contribution in [0.2, 0.25) is 0 Å². The molecule has 120 valence electrons. The summed E-state index contributed by atoms with van der Waals surface area (Å²) in [4.78, 5) is 3.97. The Morgan fingerprint density at radius 3 is 2.91 bits per heavy atom. The van der Waals surface area contributed by atoms with Crippen LogP contribution in [0.15, 0.2) is 29.6 Å². The van der Waals surface area contributed by atoms with Crippen molar-refractivity contribution in [2.24, 2.45) is 0 Å². The lowest BCUT2D eigenvalue weighted by Crippen LogP contribution is -2.36. The largest absolute Gasteiger partial charge is 0.259 e. The molecule has 0 spiro atoms. The van der Waals surface area contributed by atoms with Crippen molar-refractivity contribution in [1.82, 2.24) is 23.6 Å². The van der Waals surface area contributed by atoms with Crippen molar-refractivity contribution >= 4 is 25.7 Å². The Morgan fingerprint density at radius 2 is 2.18 bits per heavy atom. The number of nitrogens with one attached hydrogen (secondary N) is 1. The van der Waals surface area contributed by atoms with Crippen LogP contribution in [0, 0.1) is 0 Å². The van der Waals surface area contributed by atoms with Gasteiger partial charge in [0.15, 0.2) is 10.7 Å². The topological polar surface area (TPSA) is 114 Å². The summed E-state index contributed by atoms with van der Waals surface area (Å²) >= 11 is 0. The van der Waals surface area contributed by atoms with Crippen molar-refractivity contribution in [3.8, 4) is 0 Å². The van der Waals surface area contributed by atoms with Crippen molar-refractivity contribution in [1.29, 1.82) is 0 Å². The smallest absolute Gasteiger partial charge is 0.234 e. The van der Waals surface area contributed by atoms with Gasteiger partial charge in [-0.25, -0.2) is 35.4 Å². The van der Waals surface area contributed by atoms with E-state index in [1.807, 2.05) is 0 Å². The van der Waals surface area contributed by atoms with E-state index >= 15 is 0 Å². The molecule has 1 aliphatic heterocycles. The Kier molecular flexibility index (Phi) is 3.89. The zero-order valence-electron chi connectivity index (χ0n) is 11.6. The highest BCUT2D eigenvalue weighted by molar-refractivity contribution is 7.89. The molecule has 1 N–H and O–H groups in total. The van der Waals surface area contributed by atoms with Crippen LogP contribution in [0.3, 0.4) is 0 Å². The molecule has 22 heavy (non-hydrogen) atoms. The lowest BCUT2D eigenvalue weighted by Gasteiger charge is -2.14. The van der Waals surface area contributed by atoms with Crippen LogP contribution in [-0.4, -0.2) is 61.1 Å². The summed E-state index contributed by atoms with van der Waals surface area (Å²) < 4.78 is 52.7. The molecule has 1 fully saturated rings. The molecular weight excluding hydrogens is 330 g/mol. The van der Waals surface area contributed by atoms with Gasteiger partial charge in [0, 0.05) is 25.8 Å². The van der Waals surface area contributed by atoms with E-state index in [2.05, 4.69) is 14.8 Å². The predicted octanol–water partition coefficient (Wildman–Crippen LogP) is -0.957. The minimum absolute atomic E-state index is 0.00162. The highest BCUT2D eigenvalue weighted by Gasteiger charge is 2.28. The number of hydrogen-bond donors (Lipinski definition) is 1. The normalized spacial score (nSPS) is 18.9. The molecule has 3 rings (SSSR count). The van der Waals surface area contributed by atoms with Crippen molar-refractivity contribution in [3.05, 3.63) is 24.5 Å². The van der Waals surface area contributed by atoms with Gasteiger partial charge in [-0.2, -0.15) is 5.10 Å². The van der Waals surface area contributed by atoms with Gasteiger partial charge < -0.3 is 0 Å². The fourth-order valence-corrected chi connectivity index (χ4v) is 4.91. The number of hydrogen-bond acceptors (Lipinski definition) is 6. The molecule has 2 aromatic rings. The van der Waals surface area contributed by atoms with Crippen molar-refractivity contribution < 1.29 is 16.8 Å². The number of rotatable bonds is 5. The van der Waals surface area contributed by atoms with E-state index in [0.717, 1.165) is 0 Å². The third-order valence-electron chi connectivity index (χ3n) is 3.38. The Morgan fingerprint density at radius 1 is 1.36 bits per heavy atom. The molecule has 1 aliphatic rings. The summed E-state index contributed by atoms with van der Waals surface area (Å²) in [5.41, 5.74) is 0.421. The van der Waals surface area contributed by atoms with Gasteiger partial charge in [0.2, 0.25) is 10.0 Å². The third-order valence-corrected chi connectivity index (χ3v) is 6.75. The standard InChI is InChI=1S/C11H15N5O4S2/c17-21(18)8-2-6-15(21)7-5-14-22(19,20)11-9-12-10-3-1-4-13-16(10)11/h1,3-4,9,14H,2,5-8H2. The van der Waals surface area contributed by atoms with Crippen LogP contribution < -0.4 is 4.72 Å². The number of nitrogens with zero attached hydrogens (tertiary/aromatic N) is 4. The van der Waals surface area contributed by atoms with Crippen LogP contribution in [-0.2, 0) is 20.0 Å². The summed E-state index contributed by atoms with van der Waals surface area (Å²) in [6.07, 6.45) is 3.26. The molecule has 2 aromatic heterocycles. The van der Waals surface area contributed by atoms with Gasteiger partial charge in [0.05, 0.1) is 11.9 Å². The number of imidazole rings is 1. The Hall–Kier alpha value is -1.56. The van der Waals surface area contributed by atoms with Gasteiger partial charge in [0.25, 0.3) is 10.0 Å². The maximum absolute atomic E-state index is 12.3. The fourth-order valence-electron chi connectivity index (χ4n) is 2.31. The van der Waals surface area contributed by atoms with Crippen LogP contribution in [0.25, 0.3) is 5.65 Å². The second kappa shape index (κ2) is 5.57. The van der Waals surface area contributed by atoms with Gasteiger partial charge in [-0.1, -0.05) is 0 Å². The molecule has 0 bridgehead atoms. The van der Waals surface area contributed by atoms with Crippen molar-refractivity contribution in [2.75, 3.05) is 25.4 Å². The molecule has 0 amide bonds. The predicted molar refractivity (Wildman–Crippen MR) is 78.2 cm³/mol. The van der Waals surface area contributed by atoms with E-state index < -0.39 is 20.0 Å². The van der Waals surface area contributed by atoms with Gasteiger partial charge in [0.1, 0.15) is 0 Å². The molecule has 3 heterocycles. The first-order chi connectivity index (χ1) is 10.4. The minimum atomic E-state index is -3.81. The quantitative estimate of drug-likeness (QED) is 0.747. The first-order valence-corrected chi connectivity index (χ1v) is 9.76. The lowest BCUT2D eigenvalue weighted by atomic mass is 10.5. The highest BCUT2D eigenvalue weighted by Crippen LogP contribution is 2.13. The van der Waals surface area contributed by atoms with Crippen molar-refractivity contribution in [3.63, 3.8) is 0 Å². The molecule has 0 saturated carbocycles. The summed E-state index contributed by atoms with van der Waals surface area (Å²) in [6.45, 7) is 0.550. The molecule has 0 radical (unpaired) electrons. The molecule has 0 aliphatic carbocycles. The molecular formula is C11H15N5O4S2. The van der Waals surface area contributed by atoms with Gasteiger partial charge >= 0.3 is 0 Å². The average molecular weight is 345 g/mol.